The van der Waals surface area contributed by atoms with E-state index in [4.69, 9.17) is 0 Å². The van der Waals surface area contributed by atoms with Gasteiger partial charge in [0.05, 0.1) is 0 Å². The number of hydrogen-bond donors (Lipinski definition) is 1. The largest absolute Gasteiger partial charge is 0.313 e. The molecule has 0 radical (unpaired) electrons. The Morgan fingerprint density at radius 1 is 1.28 bits per heavy atom. The summed E-state index contributed by atoms with van der Waals surface area (Å²) >= 11 is 0. The quantitative estimate of drug-likeness (QED) is 0.808. The van der Waals surface area contributed by atoms with Gasteiger partial charge in [-0.05, 0) is 39.7 Å². The minimum Gasteiger partial charge on any atom is -0.313 e. The van der Waals surface area contributed by atoms with Crippen molar-refractivity contribution in [3.63, 3.8) is 0 Å². The Morgan fingerprint density at radius 3 is 2.89 bits per heavy atom. The summed E-state index contributed by atoms with van der Waals surface area (Å²) in [6.45, 7) is 13.2. The third kappa shape index (κ3) is 3.69. The van der Waals surface area contributed by atoms with E-state index in [0.29, 0.717) is 6.04 Å². The van der Waals surface area contributed by atoms with Crippen molar-refractivity contribution < 1.29 is 0 Å². The molecule has 0 bridgehead atoms. The molecule has 0 amide bonds. The van der Waals surface area contributed by atoms with Gasteiger partial charge in [0.1, 0.15) is 0 Å². The third-order valence-electron chi connectivity index (χ3n) is 4.82. The lowest BCUT2D eigenvalue weighted by molar-refractivity contribution is 0.0158. The van der Waals surface area contributed by atoms with Gasteiger partial charge in [-0.1, -0.05) is 13.3 Å². The van der Waals surface area contributed by atoms with E-state index in [1.54, 1.807) is 0 Å². The fraction of sp³-hybridized carbons (Fsp3) is 1.00. The number of hydrogen-bond acceptors (Lipinski definition) is 3. The van der Waals surface area contributed by atoms with Crippen LogP contribution in [-0.2, 0) is 0 Å². The second-order valence-electron chi connectivity index (χ2n) is 6.25. The zero-order chi connectivity index (χ0) is 13.0. The van der Waals surface area contributed by atoms with Gasteiger partial charge in [-0.15, -0.1) is 0 Å². The molecule has 3 atom stereocenters. The number of piperazine rings is 1. The number of rotatable bonds is 5. The molecule has 3 heteroatoms. The summed E-state index contributed by atoms with van der Waals surface area (Å²) in [5.74, 6) is 0. The van der Waals surface area contributed by atoms with Gasteiger partial charge in [-0.25, -0.2) is 0 Å². The van der Waals surface area contributed by atoms with Crippen LogP contribution < -0.4 is 5.32 Å². The molecule has 18 heavy (non-hydrogen) atoms. The van der Waals surface area contributed by atoms with Crippen molar-refractivity contribution in [2.45, 2.75) is 64.6 Å². The Balaban J connectivity index is 1.75. The molecule has 0 aromatic rings. The zero-order valence-corrected chi connectivity index (χ0v) is 12.5. The van der Waals surface area contributed by atoms with Crippen molar-refractivity contribution >= 4 is 0 Å². The second-order valence-corrected chi connectivity index (χ2v) is 6.25. The molecule has 106 valence electrons. The first-order valence-corrected chi connectivity index (χ1v) is 7.92. The van der Waals surface area contributed by atoms with Crippen molar-refractivity contribution in [1.82, 2.24) is 15.1 Å². The summed E-state index contributed by atoms with van der Waals surface area (Å²) in [5, 5.41) is 3.62. The highest BCUT2D eigenvalue weighted by Gasteiger charge is 2.32. The van der Waals surface area contributed by atoms with Gasteiger partial charge in [0, 0.05) is 44.3 Å². The first-order chi connectivity index (χ1) is 8.70. The third-order valence-corrected chi connectivity index (χ3v) is 4.82. The predicted octanol–water partition coefficient (Wildman–Crippen LogP) is 1.93. The van der Waals surface area contributed by atoms with Crippen LogP contribution in [0.3, 0.4) is 0 Å². The fourth-order valence-corrected chi connectivity index (χ4v) is 3.32. The zero-order valence-electron chi connectivity index (χ0n) is 12.5. The van der Waals surface area contributed by atoms with Gasteiger partial charge < -0.3 is 5.32 Å². The van der Waals surface area contributed by atoms with Crippen molar-refractivity contribution in [3.05, 3.63) is 0 Å². The Morgan fingerprint density at radius 2 is 2.11 bits per heavy atom. The SMILES string of the molecule is CCC(C)NCCN1CC2CCCCN2CC1C. The van der Waals surface area contributed by atoms with Crippen LogP contribution in [0.5, 0.6) is 0 Å². The maximum atomic E-state index is 3.62. The van der Waals surface area contributed by atoms with Gasteiger partial charge in [-0.3, -0.25) is 9.80 Å². The van der Waals surface area contributed by atoms with E-state index in [-0.39, 0.29) is 0 Å². The van der Waals surface area contributed by atoms with Crippen LogP contribution in [0, 0.1) is 0 Å². The molecule has 2 heterocycles. The lowest BCUT2D eigenvalue weighted by Crippen LogP contribution is -2.59. The lowest BCUT2D eigenvalue weighted by Gasteiger charge is -2.47. The van der Waals surface area contributed by atoms with E-state index in [0.717, 1.165) is 18.6 Å². The number of piperidine rings is 1. The minimum atomic E-state index is 0.663. The van der Waals surface area contributed by atoms with Crippen LogP contribution in [0.15, 0.2) is 0 Å². The average molecular weight is 253 g/mol. The molecule has 0 saturated carbocycles. The molecule has 0 spiro atoms. The first-order valence-electron chi connectivity index (χ1n) is 7.92. The van der Waals surface area contributed by atoms with Crippen molar-refractivity contribution in [2.75, 3.05) is 32.7 Å². The average Bonchev–Trinajstić information content (AvgIpc) is 2.39. The van der Waals surface area contributed by atoms with E-state index >= 15 is 0 Å². The second kappa shape index (κ2) is 6.88. The Labute approximate surface area is 113 Å². The Hall–Kier alpha value is -0.120. The fourth-order valence-electron chi connectivity index (χ4n) is 3.32. The molecule has 2 saturated heterocycles. The van der Waals surface area contributed by atoms with Crippen LogP contribution >= 0.6 is 0 Å². The van der Waals surface area contributed by atoms with Crippen LogP contribution in [-0.4, -0.2) is 60.6 Å². The van der Waals surface area contributed by atoms with Gasteiger partial charge in [0.15, 0.2) is 0 Å². The number of fused-ring (bicyclic) bond motifs is 1. The molecule has 3 unspecified atom stereocenters. The molecular formula is C15H31N3. The summed E-state index contributed by atoms with van der Waals surface area (Å²) in [7, 11) is 0. The topological polar surface area (TPSA) is 18.5 Å². The number of nitrogens with one attached hydrogen (secondary N) is 1. The summed E-state index contributed by atoms with van der Waals surface area (Å²) < 4.78 is 0. The van der Waals surface area contributed by atoms with Crippen LogP contribution in [0.25, 0.3) is 0 Å². The molecule has 2 aliphatic heterocycles. The molecular weight excluding hydrogens is 222 g/mol. The monoisotopic (exact) mass is 253 g/mol. The molecule has 0 aromatic heterocycles. The van der Waals surface area contributed by atoms with Crippen LogP contribution in [0.2, 0.25) is 0 Å². The maximum absolute atomic E-state index is 3.62. The summed E-state index contributed by atoms with van der Waals surface area (Å²) in [5.41, 5.74) is 0. The normalized spacial score (nSPS) is 32.2. The molecule has 3 nitrogen and oxygen atoms in total. The van der Waals surface area contributed by atoms with Gasteiger partial charge in [0.2, 0.25) is 0 Å². The summed E-state index contributed by atoms with van der Waals surface area (Å²) in [6.07, 6.45) is 5.50. The standard InChI is InChI=1S/C15H31N3/c1-4-13(2)16-8-10-17-12-15-7-5-6-9-18(15)11-14(17)3/h13-16H,4-12H2,1-3H3. The molecule has 2 aliphatic rings. The number of nitrogens with zero attached hydrogens (tertiary/aromatic N) is 2. The van der Waals surface area contributed by atoms with Crippen molar-refractivity contribution in [2.24, 2.45) is 0 Å². The Kier molecular flexibility index (Phi) is 5.46. The van der Waals surface area contributed by atoms with E-state index in [9.17, 15) is 0 Å². The summed E-state index contributed by atoms with van der Waals surface area (Å²) in [6, 6.07) is 2.24. The van der Waals surface area contributed by atoms with E-state index in [2.05, 4.69) is 35.9 Å². The van der Waals surface area contributed by atoms with E-state index in [1.807, 2.05) is 0 Å². The summed E-state index contributed by atoms with van der Waals surface area (Å²) in [4.78, 5) is 5.43. The van der Waals surface area contributed by atoms with Gasteiger partial charge in [-0.2, -0.15) is 0 Å². The van der Waals surface area contributed by atoms with E-state index in [1.165, 1.54) is 51.9 Å². The maximum Gasteiger partial charge on any atom is 0.0223 e. The molecule has 2 fully saturated rings. The van der Waals surface area contributed by atoms with Crippen molar-refractivity contribution in [1.29, 1.82) is 0 Å². The van der Waals surface area contributed by atoms with Crippen LogP contribution in [0.1, 0.15) is 46.5 Å². The first kappa shape index (κ1) is 14.3. The highest BCUT2D eigenvalue weighted by atomic mass is 15.3. The smallest absolute Gasteiger partial charge is 0.0223 e. The van der Waals surface area contributed by atoms with Crippen molar-refractivity contribution in [3.8, 4) is 0 Å². The Bertz CT molecular complexity index is 244. The molecule has 1 N–H and O–H groups in total. The predicted molar refractivity (Wildman–Crippen MR) is 78.0 cm³/mol. The molecule has 0 aliphatic carbocycles. The molecule has 2 rings (SSSR count). The minimum absolute atomic E-state index is 0.663. The van der Waals surface area contributed by atoms with E-state index < -0.39 is 0 Å². The lowest BCUT2D eigenvalue weighted by atomic mass is 9.97. The van der Waals surface area contributed by atoms with Gasteiger partial charge >= 0.3 is 0 Å². The van der Waals surface area contributed by atoms with Crippen LogP contribution in [0.4, 0.5) is 0 Å². The molecule has 0 aromatic carbocycles. The highest BCUT2D eigenvalue weighted by Crippen LogP contribution is 2.23. The van der Waals surface area contributed by atoms with Gasteiger partial charge in [0.25, 0.3) is 0 Å². The highest BCUT2D eigenvalue weighted by molar-refractivity contribution is 4.89.